The first-order valence-electron chi connectivity index (χ1n) is 10.4. The fourth-order valence-corrected chi connectivity index (χ4v) is 4.19. The predicted octanol–water partition coefficient (Wildman–Crippen LogP) is 4.52. The van der Waals surface area contributed by atoms with Crippen molar-refractivity contribution in [2.24, 2.45) is 7.05 Å². The Labute approximate surface area is 178 Å². The van der Waals surface area contributed by atoms with E-state index in [0.29, 0.717) is 17.3 Å². The second kappa shape index (κ2) is 6.54. The zero-order valence-corrected chi connectivity index (χ0v) is 17.0. The number of hydrogen-bond donors (Lipinski definition) is 1. The van der Waals surface area contributed by atoms with E-state index in [1.165, 1.54) is 18.4 Å². The number of hydrogen-bond acceptors (Lipinski definition) is 4. The SMILES string of the molecule is Cn1cnc2ccc(-c3nc4ccc(C5CC5)cc4n(-c4ccc(O)cc4)c3=O)cc21. The molecule has 152 valence electrons. The predicted molar refractivity (Wildman–Crippen MR) is 121 cm³/mol. The van der Waals surface area contributed by atoms with Crippen molar-refractivity contribution in [1.82, 2.24) is 19.1 Å². The summed E-state index contributed by atoms with van der Waals surface area (Å²) < 4.78 is 3.64. The van der Waals surface area contributed by atoms with Crippen molar-refractivity contribution < 1.29 is 5.11 Å². The molecule has 0 saturated heterocycles. The van der Waals surface area contributed by atoms with Crippen molar-refractivity contribution >= 4 is 22.1 Å². The maximum absolute atomic E-state index is 13.7. The second-order valence-electron chi connectivity index (χ2n) is 8.20. The molecule has 1 N–H and O–H groups in total. The van der Waals surface area contributed by atoms with Crippen LogP contribution >= 0.6 is 0 Å². The number of phenols is 1. The zero-order chi connectivity index (χ0) is 21.1. The highest BCUT2D eigenvalue weighted by Gasteiger charge is 2.24. The van der Waals surface area contributed by atoms with Gasteiger partial charge >= 0.3 is 0 Å². The van der Waals surface area contributed by atoms with Gasteiger partial charge < -0.3 is 9.67 Å². The van der Waals surface area contributed by atoms with Crippen molar-refractivity contribution in [3.05, 3.63) is 82.9 Å². The van der Waals surface area contributed by atoms with E-state index in [-0.39, 0.29) is 11.3 Å². The Morgan fingerprint density at radius 3 is 2.48 bits per heavy atom. The van der Waals surface area contributed by atoms with Gasteiger partial charge in [-0.3, -0.25) is 9.36 Å². The lowest BCUT2D eigenvalue weighted by Gasteiger charge is -2.14. The number of fused-ring (bicyclic) bond motifs is 2. The van der Waals surface area contributed by atoms with Gasteiger partial charge in [-0.05, 0) is 72.9 Å². The van der Waals surface area contributed by atoms with Gasteiger partial charge in [-0.2, -0.15) is 0 Å². The molecule has 0 radical (unpaired) electrons. The molecular weight excluding hydrogens is 388 g/mol. The molecule has 2 aromatic heterocycles. The zero-order valence-electron chi connectivity index (χ0n) is 17.0. The molecule has 5 aromatic rings. The van der Waals surface area contributed by atoms with E-state index >= 15 is 0 Å². The number of benzene rings is 3. The summed E-state index contributed by atoms with van der Waals surface area (Å²) in [6.07, 6.45) is 4.13. The van der Waals surface area contributed by atoms with Crippen LogP contribution in [0.2, 0.25) is 0 Å². The molecular formula is C25H20N4O2. The van der Waals surface area contributed by atoms with Crippen molar-refractivity contribution in [3.8, 4) is 22.7 Å². The molecule has 0 amide bonds. The second-order valence-corrected chi connectivity index (χ2v) is 8.20. The summed E-state index contributed by atoms with van der Waals surface area (Å²) in [5.41, 5.74) is 6.26. The molecule has 6 heteroatoms. The van der Waals surface area contributed by atoms with E-state index in [9.17, 15) is 9.90 Å². The van der Waals surface area contributed by atoms with E-state index in [0.717, 1.165) is 27.6 Å². The van der Waals surface area contributed by atoms with Crippen LogP contribution in [0.1, 0.15) is 24.3 Å². The normalized spacial score (nSPS) is 13.8. The fourth-order valence-electron chi connectivity index (χ4n) is 4.19. The minimum absolute atomic E-state index is 0.163. The van der Waals surface area contributed by atoms with E-state index in [2.05, 4.69) is 17.1 Å². The summed E-state index contributed by atoms with van der Waals surface area (Å²) in [4.78, 5) is 22.9. The summed E-state index contributed by atoms with van der Waals surface area (Å²) in [5, 5.41) is 9.74. The number of aromatic nitrogens is 4. The Morgan fingerprint density at radius 2 is 1.71 bits per heavy atom. The van der Waals surface area contributed by atoms with Crippen molar-refractivity contribution in [2.45, 2.75) is 18.8 Å². The van der Waals surface area contributed by atoms with E-state index in [1.807, 2.05) is 35.9 Å². The molecule has 31 heavy (non-hydrogen) atoms. The molecule has 3 aromatic carbocycles. The minimum atomic E-state index is -0.187. The van der Waals surface area contributed by atoms with Crippen LogP contribution in [-0.4, -0.2) is 24.2 Å². The Kier molecular flexibility index (Phi) is 3.77. The van der Waals surface area contributed by atoms with Gasteiger partial charge in [-0.1, -0.05) is 12.1 Å². The molecule has 6 rings (SSSR count). The molecule has 1 saturated carbocycles. The lowest BCUT2D eigenvalue weighted by molar-refractivity contribution is 0.475. The molecule has 0 atom stereocenters. The van der Waals surface area contributed by atoms with Crippen LogP contribution in [0, 0.1) is 0 Å². The molecule has 0 spiro atoms. The number of imidazole rings is 1. The molecule has 0 bridgehead atoms. The quantitative estimate of drug-likeness (QED) is 0.476. The molecule has 0 unspecified atom stereocenters. The summed E-state index contributed by atoms with van der Waals surface area (Å²) >= 11 is 0. The summed E-state index contributed by atoms with van der Waals surface area (Å²) in [5.74, 6) is 0.732. The van der Waals surface area contributed by atoms with Gasteiger partial charge in [0.25, 0.3) is 5.56 Å². The highest BCUT2D eigenvalue weighted by molar-refractivity contribution is 5.84. The van der Waals surface area contributed by atoms with Crippen LogP contribution in [-0.2, 0) is 7.05 Å². The minimum Gasteiger partial charge on any atom is -0.508 e. The van der Waals surface area contributed by atoms with Crippen LogP contribution in [0.25, 0.3) is 39.0 Å². The first kappa shape index (κ1) is 17.9. The Bertz CT molecular complexity index is 1530. The Balaban J connectivity index is 1.66. The molecule has 1 fully saturated rings. The highest BCUT2D eigenvalue weighted by atomic mass is 16.3. The third kappa shape index (κ3) is 2.91. The first-order valence-corrected chi connectivity index (χ1v) is 10.4. The Morgan fingerprint density at radius 1 is 0.935 bits per heavy atom. The Hall–Kier alpha value is -3.93. The number of aromatic hydroxyl groups is 1. The standard InChI is InChI=1S/C25H20N4O2/c1-28-14-26-20-10-5-17(13-22(20)28)24-25(31)29(18-6-8-19(30)9-7-18)23-12-16(15-2-3-15)4-11-21(23)27-24/h4-15,30H,2-3H2,1H3. The van der Waals surface area contributed by atoms with Crippen molar-refractivity contribution in [1.29, 1.82) is 0 Å². The lowest BCUT2D eigenvalue weighted by atomic mass is 10.1. The van der Waals surface area contributed by atoms with Crippen LogP contribution < -0.4 is 5.56 Å². The van der Waals surface area contributed by atoms with Gasteiger partial charge in [0.2, 0.25) is 0 Å². The van der Waals surface area contributed by atoms with E-state index in [1.54, 1.807) is 35.2 Å². The van der Waals surface area contributed by atoms with Crippen LogP contribution in [0.3, 0.4) is 0 Å². The summed E-state index contributed by atoms with van der Waals surface area (Å²) in [6.45, 7) is 0. The summed E-state index contributed by atoms with van der Waals surface area (Å²) in [6, 6.07) is 18.7. The van der Waals surface area contributed by atoms with Crippen molar-refractivity contribution in [2.75, 3.05) is 0 Å². The maximum Gasteiger partial charge on any atom is 0.282 e. The fraction of sp³-hybridized carbons (Fsp3) is 0.160. The smallest absolute Gasteiger partial charge is 0.282 e. The van der Waals surface area contributed by atoms with Gasteiger partial charge in [-0.15, -0.1) is 0 Å². The van der Waals surface area contributed by atoms with Gasteiger partial charge in [0, 0.05) is 18.3 Å². The van der Waals surface area contributed by atoms with Gasteiger partial charge in [0.05, 0.1) is 28.4 Å². The number of aryl methyl sites for hydroxylation is 1. The molecule has 0 aliphatic heterocycles. The van der Waals surface area contributed by atoms with Gasteiger partial charge in [0.1, 0.15) is 11.4 Å². The average molecular weight is 408 g/mol. The number of rotatable bonds is 3. The third-order valence-corrected chi connectivity index (χ3v) is 6.03. The van der Waals surface area contributed by atoms with Crippen LogP contribution in [0.5, 0.6) is 5.75 Å². The van der Waals surface area contributed by atoms with Crippen LogP contribution in [0.4, 0.5) is 0 Å². The molecule has 1 aliphatic carbocycles. The topological polar surface area (TPSA) is 72.9 Å². The van der Waals surface area contributed by atoms with E-state index in [4.69, 9.17) is 4.98 Å². The van der Waals surface area contributed by atoms with Crippen molar-refractivity contribution in [3.63, 3.8) is 0 Å². The molecule has 6 nitrogen and oxygen atoms in total. The highest BCUT2D eigenvalue weighted by Crippen LogP contribution is 2.41. The number of phenolic OH excluding ortho intramolecular Hbond substituents is 1. The van der Waals surface area contributed by atoms with Gasteiger partial charge in [-0.25, -0.2) is 9.97 Å². The lowest BCUT2D eigenvalue weighted by Crippen LogP contribution is -2.22. The average Bonchev–Trinajstić information content (AvgIpc) is 3.57. The third-order valence-electron chi connectivity index (χ3n) is 6.03. The molecule has 2 heterocycles. The maximum atomic E-state index is 13.7. The summed E-state index contributed by atoms with van der Waals surface area (Å²) in [7, 11) is 1.93. The van der Waals surface area contributed by atoms with E-state index < -0.39 is 0 Å². The first-order chi connectivity index (χ1) is 15.1. The number of nitrogens with zero attached hydrogens (tertiary/aromatic N) is 4. The van der Waals surface area contributed by atoms with Gasteiger partial charge in [0.15, 0.2) is 0 Å². The molecule has 1 aliphatic rings. The van der Waals surface area contributed by atoms with Crippen LogP contribution in [0.15, 0.2) is 71.8 Å². The monoisotopic (exact) mass is 408 g/mol. The largest absolute Gasteiger partial charge is 0.508 e.